The highest BCUT2D eigenvalue weighted by Gasteiger charge is 2.38. The summed E-state index contributed by atoms with van der Waals surface area (Å²) in [7, 11) is 0. The number of hydrogen-bond acceptors (Lipinski definition) is 2. The van der Waals surface area contributed by atoms with Crippen molar-refractivity contribution in [3.8, 4) is 0 Å². The minimum absolute atomic E-state index is 0.102. The third-order valence-electron chi connectivity index (χ3n) is 2.64. The summed E-state index contributed by atoms with van der Waals surface area (Å²) in [5.74, 6) is -1.64. The largest absolute Gasteiger partial charge is 0.396 e. The highest BCUT2D eigenvalue weighted by atomic mass is 19.4. The van der Waals surface area contributed by atoms with Crippen LogP contribution in [0.3, 0.4) is 0 Å². The molecular formula is C13H17F3O2. The number of halogens is 3. The monoisotopic (exact) mass is 262 g/mol. The Morgan fingerprint density at radius 1 is 1.17 bits per heavy atom. The maximum Gasteiger partial charge on any atom is 0.394 e. The van der Waals surface area contributed by atoms with E-state index < -0.39 is 18.7 Å². The second kappa shape index (κ2) is 7.38. The van der Waals surface area contributed by atoms with Crippen LogP contribution in [0.15, 0.2) is 30.3 Å². The minimum Gasteiger partial charge on any atom is -0.396 e. The highest BCUT2D eigenvalue weighted by molar-refractivity contribution is 5.13. The van der Waals surface area contributed by atoms with Gasteiger partial charge in [0.1, 0.15) is 0 Å². The van der Waals surface area contributed by atoms with E-state index in [1.165, 1.54) is 0 Å². The van der Waals surface area contributed by atoms with E-state index in [4.69, 9.17) is 9.84 Å². The molecule has 0 spiro atoms. The molecule has 0 saturated heterocycles. The number of hydrogen-bond donors (Lipinski definition) is 1. The van der Waals surface area contributed by atoms with E-state index in [1.807, 2.05) is 30.3 Å². The number of alkyl halides is 3. The van der Waals surface area contributed by atoms with E-state index in [-0.39, 0.29) is 19.4 Å². The summed E-state index contributed by atoms with van der Waals surface area (Å²) < 4.78 is 42.2. The van der Waals surface area contributed by atoms with Gasteiger partial charge in [-0.25, -0.2) is 0 Å². The molecule has 1 aromatic rings. The highest BCUT2D eigenvalue weighted by Crippen LogP contribution is 2.29. The van der Waals surface area contributed by atoms with Gasteiger partial charge in [0.05, 0.1) is 19.1 Å². The third-order valence-corrected chi connectivity index (χ3v) is 2.64. The molecule has 0 amide bonds. The molecule has 102 valence electrons. The van der Waals surface area contributed by atoms with Crippen molar-refractivity contribution in [2.24, 2.45) is 5.92 Å². The van der Waals surface area contributed by atoms with Crippen LogP contribution in [-0.4, -0.2) is 24.5 Å². The van der Waals surface area contributed by atoms with Crippen LogP contribution in [0.1, 0.15) is 18.4 Å². The summed E-state index contributed by atoms with van der Waals surface area (Å²) in [4.78, 5) is 0. The fourth-order valence-corrected chi connectivity index (χ4v) is 1.55. The van der Waals surface area contributed by atoms with Crippen molar-refractivity contribution in [1.29, 1.82) is 0 Å². The Balaban J connectivity index is 2.15. The standard InChI is InChI=1S/C13H17F3O2/c14-13(15,16)12(9-17)7-4-8-18-10-11-5-2-1-3-6-11/h1-3,5-6,12,17H,4,7-10H2/t12-/m0/s1. The zero-order chi connectivity index (χ0) is 13.4. The maximum atomic E-state index is 12.3. The molecule has 5 heteroatoms. The van der Waals surface area contributed by atoms with Crippen LogP contribution in [-0.2, 0) is 11.3 Å². The van der Waals surface area contributed by atoms with Crippen molar-refractivity contribution < 1.29 is 23.0 Å². The van der Waals surface area contributed by atoms with Crippen LogP contribution in [0.4, 0.5) is 13.2 Å². The van der Waals surface area contributed by atoms with Crippen LogP contribution in [0, 0.1) is 5.92 Å². The molecule has 0 aromatic heterocycles. The first kappa shape index (κ1) is 15.0. The second-order valence-electron chi connectivity index (χ2n) is 4.10. The van der Waals surface area contributed by atoms with Gasteiger partial charge in [-0.2, -0.15) is 13.2 Å². The second-order valence-corrected chi connectivity index (χ2v) is 4.10. The van der Waals surface area contributed by atoms with Crippen LogP contribution >= 0.6 is 0 Å². The first-order chi connectivity index (χ1) is 8.54. The SMILES string of the molecule is OC[C@H](CCCOCc1ccccc1)C(F)(F)F. The van der Waals surface area contributed by atoms with Gasteiger partial charge in [-0.3, -0.25) is 0 Å². The predicted molar refractivity (Wildman–Crippen MR) is 62.0 cm³/mol. The molecule has 0 unspecified atom stereocenters. The Kier molecular flexibility index (Phi) is 6.15. The van der Waals surface area contributed by atoms with E-state index in [1.54, 1.807) is 0 Å². The molecule has 18 heavy (non-hydrogen) atoms. The summed E-state index contributed by atoms with van der Waals surface area (Å²) in [6.07, 6.45) is -4.14. The predicted octanol–water partition coefficient (Wildman–Crippen LogP) is 3.15. The fraction of sp³-hybridized carbons (Fsp3) is 0.538. The van der Waals surface area contributed by atoms with Gasteiger partial charge in [0.2, 0.25) is 0 Å². The molecular weight excluding hydrogens is 245 g/mol. The quantitative estimate of drug-likeness (QED) is 0.765. The summed E-state index contributed by atoms with van der Waals surface area (Å²) >= 11 is 0. The average Bonchev–Trinajstić information content (AvgIpc) is 2.33. The van der Waals surface area contributed by atoms with E-state index in [2.05, 4.69) is 0 Å². The van der Waals surface area contributed by atoms with E-state index in [9.17, 15) is 13.2 Å². The fourth-order valence-electron chi connectivity index (χ4n) is 1.55. The Morgan fingerprint density at radius 2 is 1.83 bits per heavy atom. The van der Waals surface area contributed by atoms with Gasteiger partial charge < -0.3 is 9.84 Å². The first-order valence-electron chi connectivity index (χ1n) is 5.83. The molecule has 1 rings (SSSR count). The van der Waals surface area contributed by atoms with Crippen LogP contribution < -0.4 is 0 Å². The van der Waals surface area contributed by atoms with Gasteiger partial charge in [0.15, 0.2) is 0 Å². The molecule has 1 N–H and O–H groups in total. The van der Waals surface area contributed by atoms with Gasteiger partial charge in [-0.15, -0.1) is 0 Å². The molecule has 2 nitrogen and oxygen atoms in total. The number of aliphatic hydroxyl groups is 1. The molecule has 0 fully saturated rings. The smallest absolute Gasteiger partial charge is 0.394 e. The van der Waals surface area contributed by atoms with Crippen molar-refractivity contribution in [3.05, 3.63) is 35.9 Å². The summed E-state index contributed by atoms with van der Waals surface area (Å²) in [5, 5.41) is 8.64. The molecule has 1 aromatic carbocycles. The third kappa shape index (κ3) is 5.51. The Morgan fingerprint density at radius 3 is 2.39 bits per heavy atom. The molecule has 0 bridgehead atoms. The lowest BCUT2D eigenvalue weighted by molar-refractivity contribution is -0.186. The van der Waals surface area contributed by atoms with E-state index >= 15 is 0 Å². The van der Waals surface area contributed by atoms with Gasteiger partial charge in [-0.05, 0) is 18.4 Å². The van der Waals surface area contributed by atoms with Gasteiger partial charge in [0, 0.05) is 6.61 Å². The topological polar surface area (TPSA) is 29.5 Å². The van der Waals surface area contributed by atoms with Gasteiger partial charge >= 0.3 is 6.18 Å². The number of rotatable bonds is 7. The van der Waals surface area contributed by atoms with Crippen molar-refractivity contribution >= 4 is 0 Å². The molecule has 0 aliphatic carbocycles. The molecule has 0 heterocycles. The molecule has 0 radical (unpaired) electrons. The first-order valence-corrected chi connectivity index (χ1v) is 5.83. The number of benzene rings is 1. The Labute approximate surface area is 104 Å². The zero-order valence-electron chi connectivity index (χ0n) is 9.99. The molecule has 0 saturated carbocycles. The van der Waals surface area contributed by atoms with Crippen LogP contribution in [0.5, 0.6) is 0 Å². The number of aliphatic hydroxyl groups excluding tert-OH is 1. The lowest BCUT2D eigenvalue weighted by Gasteiger charge is -2.17. The van der Waals surface area contributed by atoms with Crippen molar-refractivity contribution in [2.45, 2.75) is 25.6 Å². The molecule has 1 atom stereocenters. The average molecular weight is 262 g/mol. The molecule has 0 aliphatic heterocycles. The minimum atomic E-state index is -4.33. The van der Waals surface area contributed by atoms with Crippen molar-refractivity contribution in [3.63, 3.8) is 0 Å². The van der Waals surface area contributed by atoms with Crippen LogP contribution in [0.25, 0.3) is 0 Å². The normalized spacial score (nSPS) is 13.6. The molecule has 0 aliphatic rings. The van der Waals surface area contributed by atoms with Crippen LogP contribution in [0.2, 0.25) is 0 Å². The summed E-state index contributed by atoms with van der Waals surface area (Å²) in [6.45, 7) is -0.194. The van der Waals surface area contributed by atoms with Crippen molar-refractivity contribution in [1.82, 2.24) is 0 Å². The van der Waals surface area contributed by atoms with Gasteiger partial charge in [-0.1, -0.05) is 30.3 Å². The lowest BCUT2D eigenvalue weighted by Crippen LogP contribution is -2.26. The lowest BCUT2D eigenvalue weighted by atomic mass is 10.0. The summed E-state index contributed by atoms with van der Waals surface area (Å²) in [5.41, 5.74) is 0.993. The van der Waals surface area contributed by atoms with E-state index in [0.717, 1.165) is 5.56 Å². The summed E-state index contributed by atoms with van der Waals surface area (Å²) in [6, 6.07) is 9.44. The zero-order valence-corrected chi connectivity index (χ0v) is 9.99. The van der Waals surface area contributed by atoms with Gasteiger partial charge in [0.25, 0.3) is 0 Å². The Hall–Kier alpha value is -1.07. The number of ether oxygens (including phenoxy) is 1. The Bertz CT molecular complexity index is 325. The van der Waals surface area contributed by atoms with E-state index in [0.29, 0.717) is 6.61 Å². The van der Waals surface area contributed by atoms with Crippen molar-refractivity contribution in [2.75, 3.05) is 13.2 Å². The maximum absolute atomic E-state index is 12.3.